The molecule has 0 saturated heterocycles. The number of hydroxylamine groups is 2. The van der Waals surface area contributed by atoms with Crippen LogP contribution in [-0.4, -0.2) is 28.1 Å². The molecule has 122 valence electrons. The molecule has 1 heterocycles. The number of carbonyl (C=O) groups is 3. The largest absolute Gasteiger partial charge is 0.346 e. The molecule has 3 rings (SSSR count). The molecule has 1 unspecified atom stereocenters. The Morgan fingerprint density at radius 2 is 1.58 bits per heavy atom. The second-order valence-corrected chi connectivity index (χ2v) is 6.93. The number of carbonyl (C=O) groups excluding carboxylic acids is 3. The first-order valence-corrected chi connectivity index (χ1v) is 8.35. The predicted octanol–water partition coefficient (Wildman–Crippen LogP) is 3.58. The van der Waals surface area contributed by atoms with E-state index in [0.29, 0.717) is 10.1 Å². The van der Waals surface area contributed by atoms with E-state index in [1.807, 2.05) is 0 Å². The standard InChI is InChI=1S/C17H12ClNO4S/c1-10(24-12-8-6-11(18)7-9-12)17(22)23-19-15(20)13-4-2-3-5-14(13)16(19)21/h2-10H,1H3. The molecule has 2 aromatic carbocycles. The summed E-state index contributed by atoms with van der Waals surface area (Å²) in [5.74, 6) is -1.94. The van der Waals surface area contributed by atoms with E-state index in [0.717, 1.165) is 4.90 Å². The lowest BCUT2D eigenvalue weighted by Crippen LogP contribution is -2.35. The minimum absolute atomic E-state index is 0.230. The number of hydrogen-bond acceptors (Lipinski definition) is 5. The lowest BCUT2D eigenvalue weighted by Gasteiger charge is -2.16. The van der Waals surface area contributed by atoms with Crippen molar-refractivity contribution >= 4 is 41.1 Å². The van der Waals surface area contributed by atoms with Crippen molar-refractivity contribution < 1.29 is 19.2 Å². The first-order chi connectivity index (χ1) is 11.5. The smallest absolute Gasteiger partial charge is 0.328 e. The van der Waals surface area contributed by atoms with Gasteiger partial charge in [0.2, 0.25) is 0 Å². The van der Waals surface area contributed by atoms with Gasteiger partial charge in [0.05, 0.1) is 11.1 Å². The maximum Gasteiger partial charge on any atom is 0.346 e. The van der Waals surface area contributed by atoms with E-state index in [1.165, 1.54) is 23.9 Å². The van der Waals surface area contributed by atoms with Gasteiger partial charge in [0.25, 0.3) is 11.8 Å². The Bertz CT molecular complexity index is 787. The summed E-state index contributed by atoms with van der Waals surface area (Å²) >= 11 is 7.07. The Morgan fingerprint density at radius 1 is 1.04 bits per heavy atom. The van der Waals surface area contributed by atoms with Crippen molar-refractivity contribution in [2.45, 2.75) is 17.1 Å². The zero-order chi connectivity index (χ0) is 17.3. The fraction of sp³-hybridized carbons (Fsp3) is 0.118. The van der Waals surface area contributed by atoms with Crippen LogP contribution < -0.4 is 0 Å². The van der Waals surface area contributed by atoms with Crippen molar-refractivity contribution in [3.05, 3.63) is 64.7 Å². The molecule has 2 amide bonds. The van der Waals surface area contributed by atoms with Gasteiger partial charge in [-0.3, -0.25) is 9.59 Å². The Balaban J connectivity index is 1.68. The Kier molecular flexibility index (Phi) is 4.59. The van der Waals surface area contributed by atoms with Crippen LogP contribution in [0.2, 0.25) is 5.02 Å². The zero-order valence-corrected chi connectivity index (χ0v) is 14.1. The minimum atomic E-state index is -0.676. The SMILES string of the molecule is CC(Sc1ccc(Cl)cc1)C(=O)ON1C(=O)c2ccccc2C1=O. The summed E-state index contributed by atoms with van der Waals surface area (Å²) < 4.78 is 0. The molecule has 0 saturated carbocycles. The lowest BCUT2D eigenvalue weighted by atomic mass is 10.1. The maximum absolute atomic E-state index is 12.2. The molecule has 2 aromatic rings. The summed E-state index contributed by atoms with van der Waals surface area (Å²) in [6, 6.07) is 13.3. The zero-order valence-electron chi connectivity index (χ0n) is 12.6. The number of thioether (sulfide) groups is 1. The number of halogens is 1. The highest BCUT2D eigenvalue weighted by molar-refractivity contribution is 8.00. The van der Waals surface area contributed by atoms with Crippen LogP contribution in [0.4, 0.5) is 0 Å². The molecule has 0 aliphatic carbocycles. The van der Waals surface area contributed by atoms with E-state index < -0.39 is 23.0 Å². The van der Waals surface area contributed by atoms with E-state index >= 15 is 0 Å². The number of rotatable bonds is 4. The van der Waals surface area contributed by atoms with E-state index in [2.05, 4.69) is 0 Å². The average molecular weight is 362 g/mol. The summed E-state index contributed by atoms with van der Waals surface area (Å²) in [4.78, 5) is 42.4. The minimum Gasteiger partial charge on any atom is -0.328 e. The van der Waals surface area contributed by atoms with Gasteiger partial charge in [-0.25, -0.2) is 4.79 Å². The van der Waals surface area contributed by atoms with Gasteiger partial charge < -0.3 is 4.84 Å². The van der Waals surface area contributed by atoms with Gasteiger partial charge >= 0.3 is 5.97 Å². The van der Waals surface area contributed by atoms with E-state index in [1.54, 1.807) is 43.3 Å². The van der Waals surface area contributed by atoms with Crippen molar-refractivity contribution in [1.82, 2.24) is 5.06 Å². The van der Waals surface area contributed by atoms with Crippen LogP contribution in [0.3, 0.4) is 0 Å². The molecule has 0 fully saturated rings. The van der Waals surface area contributed by atoms with Crippen LogP contribution in [0.25, 0.3) is 0 Å². The third kappa shape index (κ3) is 3.16. The maximum atomic E-state index is 12.2. The molecular formula is C17H12ClNO4S. The van der Waals surface area contributed by atoms with Gasteiger partial charge in [-0.2, -0.15) is 0 Å². The van der Waals surface area contributed by atoms with Gasteiger partial charge in [-0.1, -0.05) is 28.8 Å². The molecule has 24 heavy (non-hydrogen) atoms. The van der Waals surface area contributed by atoms with Crippen LogP contribution in [0, 0.1) is 0 Å². The van der Waals surface area contributed by atoms with E-state index in [9.17, 15) is 14.4 Å². The molecule has 7 heteroatoms. The highest BCUT2D eigenvalue weighted by Gasteiger charge is 2.39. The van der Waals surface area contributed by atoms with E-state index in [4.69, 9.17) is 16.4 Å². The Labute approximate surface area is 147 Å². The predicted molar refractivity (Wildman–Crippen MR) is 89.8 cm³/mol. The number of fused-ring (bicyclic) bond motifs is 1. The molecule has 0 spiro atoms. The third-order valence-corrected chi connectivity index (χ3v) is 4.74. The third-order valence-electron chi connectivity index (χ3n) is 3.40. The first-order valence-electron chi connectivity index (χ1n) is 7.09. The highest BCUT2D eigenvalue weighted by Crippen LogP contribution is 2.27. The number of nitrogens with zero attached hydrogens (tertiary/aromatic N) is 1. The summed E-state index contributed by atoms with van der Waals surface area (Å²) in [5, 5.41) is 0.516. The van der Waals surface area contributed by atoms with Crippen LogP contribution in [0.15, 0.2) is 53.4 Å². The molecule has 1 aliphatic heterocycles. The molecule has 0 aromatic heterocycles. The van der Waals surface area contributed by atoms with Crippen LogP contribution in [0.5, 0.6) is 0 Å². The van der Waals surface area contributed by atoms with Crippen molar-refractivity contribution in [2.75, 3.05) is 0 Å². The van der Waals surface area contributed by atoms with Crippen molar-refractivity contribution in [3.63, 3.8) is 0 Å². The van der Waals surface area contributed by atoms with Crippen molar-refractivity contribution in [1.29, 1.82) is 0 Å². The van der Waals surface area contributed by atoms with Crippen LogP contribution >= 0.6 is 23.4 Å². The summed E-state index contributed by atoms with van der Waals surface area (Å²) in [6.45, 7) is 1.64. The summed E-state index contributed by atoms with van der Waals surface area (Å²) in [6.07, 6.45) is 0. The van der Waals surface area contributed by atoms with Crippen LogP contribution in [0.1, 0.15) is 27.6 Å². The normalized spacial score (nSPS) is 14.5. The molecule has 0 bridgehead atoms. The molecule has 0 radical (unpaired) electrons. The number of hydrogen-bond donors (Lipinski definition) is 0. The van der Waals surface area contributed by atoms with Gasteiger partial charge in [0.1, 0.15) is 5.25 Å². The Morgan fingerprint density at radius 3 is 2.12 bits per heavy atom. The van der Waals surface area contributed by atoms with Gasteiger partial charge in [0.15, 0.2) is 0 Å². The number of imide groups is 1. The van der Waals surface area contributed by atoms with Crippen molar-refractivity contribution in [2.24, 2.45) is 0 Å². The van der Waals surface area contributed by atoms with Gasteiger partial charge in [-0.15, -0.1) is 11.8 Å². The second kappa shape index (κ2) is 6.67. The second-order valence-electron chi connectivity index (χ2n) is 5.07. The summed E-state index contributed by atoms with van der Waals surface area (Å²) in [5.41, 5.74) is 0.460. The van der Waals surface area contributed by atoms with E-state index in [-0.39, 0.29) is 11.1 Å². The molecule has 1 atom stereocenters. The molecule has 5 nitrogen and oxygen atoms in total. The molecular weight excluding hydrogens is 350 g/mol. The highest BCUT2D eigenvalue weighted by atomic mass is 35.5. The molecule has 0 N–H and O–H groups in total. The quantitative estimate of drug-likeness (QED) is 0.615. The number of amides is 2. The van der Waals surface area contributed by atoms with Gasteiger partial charge in [-0.05, 0) is 43.3 Å². The first kappa shape index (κ1) is 16.5. The number of benzene rings is 2. The van der Waals surface area contributed by atoms with Crippen LogP contribution in [-0.2, 0) is 9.63 Å². The fourth-order valence-electron chi connectivity index (χ4n) is 2.18. The lowest BCUT2D eigenvalue weighted by molar-refractivity contribution is -0.167. The van der Waals surface area contributed by atoms with Gasteiger partial charge in [0, 0.05) is 9.92 Å². The fourth-order valence-corrected chi connectivity index (χ4v) is 3.15. The monoisotopic (exact) mass is 361 g/mol. The topological polar surface area (TPSA) is 63.7 Å². The average Bonchev–Trinajstić information content (AvgIpc) is 2.82. The van der Waals surface area contributed by atoms with Crippen molar-refractivity contribution in [3.8, 4) is 0 Å². The molecule has 1 aliphatic rings. The Hall–Kier alpha value is -2.31. The summed E-state index contributed by atoms with van der Waals surface area (Å²) in [7, 11) is 0.